The molecule has 25 heavy (non-hydrogen) atoms. The predicted molar refractivity (Wildman–Crippen MR) is 98.2 cm³/mol. The molecule has 1 aromatic rings. The molecule has 140 valence electrons. The Morgan fingerprint density at radius 1 is 1.32 bits per heavy atom. The smallest absolute Gasteiger partial charge is 0.246 e. The highest BCUT2D eigenvalue weighted by atomic mass is 16.2. The summed E-state index contributed by atoms with van der Waals surface area (Å²) in [4.78, 5) is 26.4. The Morgan fingerprint density at radius 2 is 2.04 bits per heavy atom. The summed E-state index contributed by atoms with van der Waals surface area (Å²) in [6, 6.07) is -0.554. The molecule has 7 heteroatoms. The van der Waals surface area contributed by atoms with E-state index in [4.69, 9.17) is 0 Å². The van der Waals surface area contributed by atoms with Gasteiger partial charge in [-0.25, -0.2) is 0 Å². The number of carbonyl (C=O) groups excluding carboxylic acids is 2. The largest absolute Gasteiger partial charge is 0.345 e. The Bertz CT molecular complexity index is 564. The van der Waals surface area contributed by atoms with Gasteiger partial charge in [-0.05, 0) is 39.8 Å². The topological polar surface area (TPSA) is 79.3 Å². The minimum atomic E-state index is -0.554. The molecule has 2 amide bonds. The fourth-order valence-corrected chi connectivity index (χ4v) is 3.12. The molecule has 1 saturated carbocycles. The first kappa shape index (κ1) is 19.4. The van der Waals surface area contributed by atoms with E-state index < -0.39 is 6.04 Å². The number of nitrogens with zero attached hydrogens (tertiary/aromatic N) is 3. The molecule has 0 aliphatic heterocycles. The van der Waals surface area contributed by atoms with Crippen molar-refractivity contribution in [3.05, 3.63) is 12.4 Å². The number of anilines is 1. The number of carbonyl (C=O) groups is 2. The van der Waals surface area contributed by atoms with Crippen LogP contribution in [0.2, 0.25) is 0 Å². The SMILES string of the molecule is CC(NC(=O)CC1CCCCC1)C(=O)Nc1cnn(CCN(C)C)c1. The van der Waals surface area contributed by atoms with Crippen molar-refractivity contribution in [2.75, 3.05) is 26.0 Å². The lowest BCUT2D eigenvalue weighted by molar-refractivity contribution is -0.126. The summed E-state index contributed by atoms with van der Waals surface area (Å²) in [5.41, 5.74) is 0.650. The van der Waals surface area contributed by atoms with Crippen LogP contribution in [-0.2, 0) is 16.1 Å². The number of nitrogens with one attached hydrogen (secondary N) is 2. The molecule has 0 aromatic carbocycles. The Kier molecular flexibility index (Phi) is 7.43. The van der Waals surface area contributed by atoms with Crippen molar-refractivity contribution in [3.63, 3.8) is 0 Å². The van der Waals surface area contributed by atoms with Crippen LogP contribution in [0.5, 0.6) is 0 Å². The lowest BCUT2D eigenvalue weighted by Gasteiger charge is -2.22. The molecule has 2 N–H and O–H groups in total. The molecular weight excluding hydrogens is 318 g/mol. The second-order valence-corrected chi connectivity index (χ2v) is 7.28. The van der Waals surface area contributed by atoms with Gasteiger partial charge in [0, 0.05) is 19.2 Å². The maximum atomic E-state index is 12.2. The molecule has 0 radical (unpaired) electrons. The van der Waals surface area contributed by atoms with E-state index in [1.807, 2.05) is 14.1 Å². The van der Waals surface area contributed by atoms with E-state index in [0.29, 0.717) is 18.0 Å². The van der Waals surface area contributed by atoms with Gasteiger partial charge in [-0.3, -0.25) is 14.3 Å². The minimum Gasteiger partial charge on any atom is -0.345 e. The maximum absolute atomic E-state index is 12.2. The summed E-state index contributed by atoms with van der Waals surface area (Å²) in [6.07, 6.45) is 9.92. The Balaban J connectivity index is 1.74. The van der Waals surface area contributed by atoms with Crippen LogP contribution in [0.1, 0.15) is 45.4 Å². The maximum Gasteiger partial charge on any atom is 0.246 e. The Morgan fingerprint density at radius 3 is 2.72 bits per heavy atom. The van der Waals surface area contributed by atoms with Crippen LogP contribution < -0.4 is 10.6 Å². The van der Waals surface area contributed by atoms with Crippen LogP contribution in [0.25, 0.3) is 0 Å². The lowest BCUT2D eigenvalue weighted by Crippen LogP contribution is -2.42. The lowest BCUT2D eigenvalue weighted by atomic mass is 9.87. The van der Waals surface area contributed by atoms with Crippen LogP contribution in [0.3, 0.4) is 0 Å². The zero-order valence-corrected chi connectivity index (χ0v) is 15.6. The van der Waals surface area contributed by atoms with Gasteiger partial charge in [0.05, 0.1) is 18.4 Å². The van der Waals surface area contributed by atoms with Gasteiger partial charge in [0.25, 0.3) is 0 Å². The van der Waals surface area contributed by atoms with Gasteiger partial charge < -0.3 is 15.5 Å². The van der Waals surface area contributed by atoms with E-state index in [0.717, 1.165) is 25.9 Å². The van der Waals surface area contributed by atoms with Crippen LogP contribution in [0, 0.1) is 5.92 Å². The first-order valence-corrected chi connectivity index (χ1v) is 9.21. The molecular formula is C18H31N5O2. The first-order valence-electron chi connectivity index (χ1n) is 9.21. The average Bonchev–Trinajstić information content (AvgIpc) is 3.01. The highest BCUT2D eigenvalue weighted by Crippen LogP contribution is 2.26. The molecule has 1 fully saturated rings. The van der Waals surface area contributed by atoms with E-state index in [2.05, 4.69) is 20.6 Å². The van der Waals surface area contributed by atoms with Crippen LogP contribution in [0.15, 0.2) is 12.4 Å². The standard InChI is InChI=1S/C18H31N5O2/c1-14(20-17(24)11-15-7-5-4-6-8-15)18(25)21-16-12-19-23(13-16)10-9-22(2)3/h12-15H,4-11H2,1-3H3,(H,20,24)(H,21,25). The summed E-state index contributed by atoms with van der Waals surface area (Å²) < 4.78 is 1.79. The zero-order valence-electron chi connectivity index (χ0n) is 15.6. The third-order valence-electron chi connectivity index (χ3n) is 4.65. The number of hydrogen-bond donors (Lipinski definition) is 2. The van der Waals surface area contributed by atoms with Crippen molar-refractivity contribution in [2.45, 2.75) is 58.0 Å². The molecule has 1 atom stereocenters. The Labute approximate surface area is 150 Å². The van der Waals surface area contributed by atoms with E-state index >= 15 is 0 Å². The number of aromatic nitrogens is 2. The molecule has 1 heterocycles. The number of likely N-dealkylation sites (N-methyl/N-ethyl adjacent to an activating group) is 1. The molecule has 1 aliphatic carbocycles. The van der Waals surface area contributed by atoms with Gasteiger partial charge >= 0.3 is 0 Å². The molecule has 1 aromatic heterocycles. The van der Waals surface area contributed by atoms with Crippen molar-refractivity contribution in [1.29, 1.82) is 0 Å². The molecule has 0 saturated heterocycles. The third kappa shape index (κ3) is 6.86. The molecule has 7 nitrogen and oxygen atoms in total. The summed E-state index contributed by atoms with van der Waals surface area (Å²) in [6.45, 7) is 3.35. The number of amides is 2. The number of rotatable bonds is 8. The molecule has 2 rings (SSSR count). The summed E-state index contributed by atoms with van der Waals surface area (Å²) in [5.74, 6) is 0.222. The van der Waals surface area contributed by atoms with Crippen molar-refractivity contribution in [1.82, 2.24) is 20.0 Å². The van der Waals surface area contributed by atoms with E-state index in [1.54, 1.807) is 24.0 Å². The van der Waals surface area contributed by atoms with Gasteiger partial charge in [0.15, 0.2) is 0 Å². The fraction of sp³-hybridized carbons (Fsp3) is 0.722. The van der Waals surface area contributed by atoms with Crippen molar-refractivity contribution >= 4 is 17.5 Å². The first-order chi connectivity index (χ1) is 11.9. The van der Waals surface area contributed by atoms with Crippen LogP contribution in [0.4, 0.5) is 5.69 Å². The van der Waals surface area contributed by atoms with Gasteiger partial charge in [0.2, 0.25) is 11.8 Å². The van der Waals surface area contributed by atoms with Crippen molar-refractivity contribution < 1.29 is 9.59 Å². The second-order valence-electron chi connectivity index (χ2n) is 7.28. The molecule has 1 aliphatic rings. The quantitative estimate of drug-likeness (QED) is 0.751. The number of hydrogen-bond acceptors (Lipinski definition) is 4. The van der Waals surface area contributed by atoms with Crippen LogP contribution in [-0.4, -0.2) is 53.2 Å². The third-order valence-corrected chi connectivity index (χ3v) is 4.65. The molecule has 0 spiro atoms. The second kappa shape index (κ2) is 9.56. The average molecular weight is 349 g/mol. The highest BCUT2D eigenvalue weighted by Gasteiger charge is 2.20. The van der Waals surface area contributed by atoms with Gasteiger partial charge in [-0.1, -0.05) is 19.3 Å². The normalized spacial score (nSPS) is 16.6. The van der Waals surface area contributed by atoms with E-state index in [-0.39, 0.29) is 11.8 Å². The fourth-order valence-electron chi connectivity index (χ4n) is 3.12. The van der Waals surface area contributed by atoms with Gasteiger partial charge in [-0.2, -0.15) is 5.10 Å². The predicted octanol–water partition coefficient (Wildman–Crippen LogP) is 1.86. The van der Waals surface area contributed by atoms with Crippen molar-refractivity contribution in [2.24, 2.45) is 5.92 Å². The van der Waals surface area contributed by atoms with Crippen molar-refractivity contribution in [3.8, 4) is 0 Å². The minimum absolute atomic E-state index is 0.0313. The Hall–Kier alpha value is -1.89. The van der Waals surface area contributed by atoms with Gasteiger partial charge in [-0.15, -0.1) is 0 Å². The summed E-state index contributed by atoms with van der Waals surface area (Å²) in [5, 5.41) is 9.84. The van der Waals surface area contributed by atoms with Crippen LogP contribution >= 0.6 is 0 Å². The zero-order chi connectivity index (χ0) is 18.2. The van der Waals surface area contributed by atoms with Gasteiger partial charge in [0.1, 0.15) is 6.04 Å². The molecule has 1 unspecified atom stereocenters. The summed E-state index contributed by atoms with van der Waals surface area (Å²) >= 11 is 0. The summed E-state index contributed by atoms with van der Waals surface area (Å²) in [7, 11) is 4.01. The van der Waals surface area contributed by atoms with E-state index in [1.165, 1.54) is 19.3 Å². The monoisotopic (exact) mass is 349 g/mol. The molecule has 0 bridgehead atoms. The van der Waals surface area contributed by atoms with E-state index in [9.17, 15) is 9.59 Å². The highest BCUT2D eigenvalue weighted by molar-refractivity contribution is 5.96.